The zero-order chi connectivity index (χ0) is 19.9. The number of amides is 1. The van der Waals surface area contributed by atoms with E-state index < -0.39 is 0 Å². The number of fused-ring (bicyclic) bond motifs is 1. The van der Waals surface area contributed by atoms with E-state index in [1.165, 1.54) is 10.3 Å². The molecule has 0 aliphatic carbocycles. The Morgan fingerprint density at radius 1 is 1.25 bits per heavy atom. The van der Waals surface area contributed by atoms with Gasteiger partial charge < -0.3 is 15.1 Å². The molecule has 1 amide bonds. The maximum atomic E-state index is 12.5. The molecule has 1 N–H and O–H groups in total. The molecule has 1 aromatic carbocycles. The first-order chi connectivity index (χ1) is 13.6. The fourth-order valence-electron chi connectivity index (χ4n) is 3.84. The number of carbonyl (C=O) groups excluding carboxylic acids is 1. The van der Waals surface area contributed by atoms with E-state index in [9.17, 15) is 4.79 Å². The van der Waals surface area contributed by atoms with Gasteiger partial charge in [-0.25, -0.2) is 4.98 Å². The number of aryl methyl sites for hydroxylation is 1. The van der Waals surface area contributed by atoms with Gasteiger partial charge in [0.15, 0.2) is 5.13 Å². The lowest BCUT2D eigenvalue weighted by Crippen LogP contribution is -2.41. The molecule has 0 saturated carbocycles. The molecule has 2 aromatic rings. The van der Waals surface area contributed by atoms with Crippen LogP contribution in [0.15, 0.2) is 18.2 Å². The number of nitrogens with one attached hydrogen (secondary N) is 1. The van der Waals surface area contributed by atoms with E-state index in [0.29, 0.717) is 0 Å². The van der Waals surface area contributed by atoms with Crippen LogP contribution in [-0.2, 0) is 11.2 Å². The van der Waals surface area contributed by atoms with Crippen molar-refractivity contribution >= 4 is 32.6 Å². The average Bonchev–Trinajstić information content (AvgIpc) is 3.17. The third kappa shape index (κ3) is 5.23. The number of hydrogen-bond donors (Lipinski definition) is 1. The number of benzene rings is 1. The van der Waals surface area contributed by atoms with Crippen LogP contribution >= 0.6 is 11.3 Å². The first-order valence-corrected chi connectivity index (χ1v) is 11.6. The van der Waals surface area contributed by atoms with E-state index in [1.807, 2.05) is 0 Å². The van der Waals surface area contributed by atoms with Gasteiger partial charge in [-0.1, -0.05) is 38.2 Å². The van der Waals surface area contributed by atoms with Gasteiger partial charge in [0.2, 0.25) is 5.91 Å². The lowest BCUT2D eigenvalue weighted by Gasteiger charge is -2.31. The van der Waals surface area contributed by atoms with Gasteiger partial charge in [0, 0.05) is 25.6 Å². The van der Waals surface area contributed by atoms with E-state index in [0.717, 1.165) is 75.6 Å². The number of piperidine rings is 1. The maximum Gasteiger partial charge on any atom is 0.223 e. The number of rotatable bonds is 9. The highest BCUT2D eigenvalue weighted by Gasteiger charge is 2.26. The van der Waals surface area contributed by atoms with Crippen molar-refractivity contribution in [1.29, 1.82) is 0 Å². The van der Waals surface area contributed by atoms with Crippen molar-refractivity contribution in [2.75, 3.05) is 44.2 Å². The molecule has 154 valence electrons. The summed E-state index contributed by atoms with van der Waals surface area (Å²) in [5, 5.41) is 4.25. The van der Waals surface area contributed by atoms with Gasteiger partial charge >= 0.3 is 0 Å². The molecule has 5 nitrogen and oxygen atoms in total. The number of aromatic nitrogens is 1. The zero-order valence-electron chi connectivity index (χ0n) is 17.5. The standard InChI is InChI=1S/C22H34N4OS/c1-4-17-8-9-19-20(16-17)28-22(24-19)26-14-10-18(11-15-26)21(27)23-12-7-13-25(5-2)6-3/h8-9,16,18H,4-7,10-15H2,1-3H3,(H,23,27). The molecule has 1 fully saturated rings. The second kappa shape index (κ2) is 10.2. The fourth-order valence-corrected chi connectivity index (χ4v) is 4.92. The van der Waals surface area contributed by atoms with Crippen LogP contribution in [-0.4, -0.2) is 55.1 Å². The lowest BCUT2D eigenvalue weighted by molar-refractivity contribution is -0.125. The topological polar surface area (TPSA) is 48.5 Å². The normalized spacial score (nSPS) is 15.5. The van der Waals surface area contributed by atoms with Crippen LogP contribution in [0.1, 0.15) is 45.6 Å². The number of anilines is 1. The molecule has 6 heteroatoms. The van der Waals surface area contributed by atoms with Crippen LogP contribution in [0.4, 0.5) is 5.13 Å². The first-order valence-electron chi connectivity index (χ1n) is 10.8. The molecule has 1 aliphatic heterocycles. The highest BCUT2D eigenvalue weighted by atomic mass is 32.1. The van der Waals surface area contributed by atoms with Crippen molar-refractivity contribution in [3.8, 4) is 0 Å². The van der Waals surface area contributed by atoms with Crippen LogP contribution in [0.25, 0.3) is 10.2 Å². The minimum atomic E-state index is 0.144. The highest BCUT2D eigenvalue weighted by molar-refractivity contribution is 7.22. The number of carbonyl (C=O) groups is 1. The number of thiazole rings is 1. The van der Waals surface area contributed by atoms with E-state index in [1.54, 1.807) is 11.3 Å². The molecule has 0 unspecified atom stereocenters. The Bertz CT molecular complexity index is 763. The summed E-state index contributed by atoms with van der Waals surface area (Å²) in [7, 11) is 0. The molecule has 1 aliphatic rings. The SMILES string of the molecule is CCc1ccc2nc(N3CCC(C(=O)NCCCN(CC)CC)CC3)sc2c1. The lowest BCUT2D eigenvalue weighted by atomic mass is 9.96. The van der Waals surface area contributed by atoms with E-state index in [2.05, 4.69) is 54.1 Å². The molecule has 1 aromatic heterocycles. The predicted octanol–water partition coefficient (Wildman–Crippen LogP) is 3.92. The molecule has 0 radical (unpaired) electrons. The van der Waals surface area contributed by atoms with Crippen LogP contribution in [0, 0.1) is 5.92 Å². The fraction of sp³-hybridized carbons (Fsp3) is 0.636. The van der Waals surface area contributed by atoms with Crippen molar-refractivity contribution in [2.45, 2.75) is 46.5 Å². The summed E-state index contributed by atoms with van der Waals surface area (Å²) in [4.78, 5) is 22.0. The highest BCUT2D eigenvalue weighted by Crippen LogP contribution is 2.32. The van der Waals surface area contributed by atoms with Crippen molar-refractivity contribution in [3.05, 3.63) is 23.8 Å². The largest absolute Gasteiger partial charge is 0.356 e. The summed E-state index contributed by atoms with van der Waals surface area (Å²) in [6.07, 6.45) is 3.91. The minimum absolute atomic E-state index is 0.144. The van der Waals surface area contributed by atoms with Gasteiger partial charge in [0.1, 0.15) is 0 Å². The molecule has 0 atom stereocenters. The maximum absolute atomic E-state index is 12.5. The average molecular weight is 403 g/mol. The Labute approximate surface area is 173 Å². The number of nitrogens with zero attached hydrogens (tertiary/aromatic N) is 3. The van der Waals surface area contributed by atoms with Crippen LogP contribution in [0.5, 0.6) is 0 Å². The van der Waals surface area contributed by atoms with Gasteiger partial charge in [-0.05, 0) is 63.0 Å². The van der Waals surface area contributed by atoms with E-state index in [4.69, 9.17) is 4.98 Å². The van der Waals surface area contributed by atoms with Gasteiger partial charge in [-0.15, -0.1) is 0 Å². The molecular weight excluding hydrogens is 368 g/mol. The Morgan fingerprint density at radius 2 is 2.00 bits per heavy atom. The van der Waals surface area contributed by atoms with E-state index >= 15 is 0 Å². The summed E-state index contributed by atoms with van der Waals surface area (Å²) in [5.74, 6) is 0.377. The second-order valence-electron chi connectivity index (χ2n) is 7.58. The van der Waals surface area contributed by atoms with Crippen molar-refractivity contribution < 1.29 is 4.79 Å². The quantitative estimate of drug-likeness (QED) is 0.646. The third-order valence-electron chi connectivity index (χ3n) is 5.83. The Hall–Kier alpha value is -1.66. The van der Waals surface area contributed by atoms with Crippen molar-refractivity contribution in [2.24, 2.45) is 5.92 Å². The monoisotopic (exact) mass is 402 g/mol. The van der Waals surface area contributed by atoms with Gasteiger partial charge in [-0.2, -0.15) is 0 Å². The van der Waals surface area contributed by atoms with E-state index in [-0.39, 0.29) is 11.8 Å². The number of hydrogen-bond acceptors (Lipinski definition) is 5. The predicted molar refractivity (Wildman–Crippen MR) is 119 cm³/mol. The summed E-state index contributed by atoms with van der Waals surface area (Å²) < 4.78 is 1.27. The summed E-state index contributed by atoms with van der Waals surface area (Å²) in [6, 6.07) is 6.56. The Balaban J connectivity index is 1.45. The Morgan fingerprint density at radius 3 is 2.68 bits per heavy atom. The minimum Gasteiger partial charge on any atom is -0.356 e. The molecule has 2 heterocycles. The van der Waals surface area contributed by atoms with Crippen LogP contribution in [0.2, 0.25) is 0 Å². The summed E-state index contributed by atoms with van der Waals surface area (Å²) in [5.41, 5.74) is 2.45. The molecule has 3 rings (SSSR count). The zero-order valence-corrected chi connectivity index (χ0v) is 18.4. The summed E-state index contributed by atoms with van der Waals surface area (Å²) >= 11 is 1.78. The van der Waals surface area contributed by atoms with Gasteiger partial charge in [-0.3, -0.25) is 4.79 Å². The summed E-state index contributed by atoms with van der Waals surface area (Å²) in [6.45, 7) is 12.4. The van der Waals surface area contributed by atoms with Gasteiger partial charge in [0.25, 0.3) is 0 Å². The second-order valence-corrected chi connectivity index (χ2v) is 8.59. The van der Waals surface area contributed by atoms with Crippen LogP contribution in [0.3, 0.4) is 0 Å². The molecule has 0 spiro atoms. The molecule has 0 bridgehead atoms. The first kappa shape index (κ1) is 21.1. The molecule has 1 saturated heterocycles. The molecule has 28 heavy (non-hydrogen) atoms. The smallest absolute Gasteiger partial charge is 0.223 e. The van der Waals surface area contributed by atoms with Crippen molar-refractivity contribution in [3.63, 3.8) is 0 Å². The Kier molecular flexibility index (Phi) is 7.68. The van der Waals surface area contributed by atoms with Crippen LogP contribution < -0.4 is 10.2 Å². The molecular formula is C22H34N4OS. The van der Waals surface area contributed by atoms with Crippen molar-refractivity contribution in [1.82, 2.24) is 15.2 Å². The third-order valence-corrected chi connectivity index (χ3v) is 6.91. The van der Waals surface area contributed by atoms with Gasteiger partial charge in [0.05, 0.1) is 10.2 Å².